The van der Waals surface area contributed by atoms with Gasteiger partial charge in [-0.25, -0.2) is 4.31 Å². The number of amides is 1. The Morgan fingerprint density at radius 2 is 1.88 bits per heavy atom. The van der Waals surface area contributed by atoms with Gasteiger partial charge in [0, 0.05) is 50.9 Å². The Balaban J connectivity index is 1.69. The Morgan fingerprint density at radius 1 is 1.24 bits per heavy atom. The summed E-state index contributed by atoms with van der Waals surface area (Å²) in [6, 6.07) is 0. The molecular formula is C12H23N3OS. The third kappa shape index (κ3) is 3.86. The molecule has 0 aromatic carbocycles. The number of hydrogen-bond acceptors (Lipinski definition) is 4. The number of piperidine rings is 1. The molecule has 2 saturated heterocycles. The Bertz CT molecular complexity index is 248. The highest BCUT2D eigenvalue weighted by atomic mass is 32.2. The number of carbonyl (C=O) groups excluding carboxylic acids is 1. The van der Waals surface area contributed by atoms with E-state index >= 15 is 0 Å². The summed E-state index contributed by atoms with van der Waals surface area (Å²) in [6.07, 6.45) is 2.95. The fourth-order valence-corrected chi connectivity index (χ4v) is 3.63. The lowest BCUT2D eigenvalue weighted by atomic mass is 10.1. The summed E-state index contributed by atoms with van der Waals surface area (Å²) in [6.45, 7) is 8.38. The zero-order valence-corrected chi connectivity index (χ0v) is 11.5. The minimum absolute atomic E-state index is 0.315. The van der Waals surface area contributed by atoms with Gasteiger partial charge in [-0.1, -0.05) is 18.9 Å². The number of piperazine rings is 1. The van der Waals surface area contributed by atoms with Crippen LogP contribution in [-0.2, 0) is 4.79 Å². The molecule has 2 heterocycles. The molecule has 4 nitrogen and oxygen atoms in total. The molecule has 2 fully saturated rings. The van der Waals surface area contributed by atoms with Crippen LogP contribution < -0.4 is 5.32 Å². The third-order valence-electron chi connectivity index (χ3n) is 3.47. The summed E-state index contributed by atoms with van der Waals surface area (Å²) in [7, 11) is 0. The van der Waals surface area contributed by atoms with Crippen molar-refractivity contribution >= 4 is 17.9 Å². The van der Waals surface area contributed by atoms with Crippen LogP contribution in [-0.4, -0.2) is 59.6 Å². The maximum Gasteiger partial charge on any atom is 0.222 e. The van der Waals surface area contributed by atoms with E-state index in [-0.39, 0.29) is 0 Å². The van der Waals surface area contributed by atoms with Gasteiger partial charge in [0.05, 0.1) is 0 Å². The molecule has 2 rings (SSSR count). The van der Waals surface area contributed by atoms with Crippen molar-refractivity contribution in [2.75, 3.05) is 39.3 Å². The quantitative estimate of drug-likeness (QED) is 0.763. The molecule has 1 amide bonds. The van der Waals surface area contributed by atoms with Crippen molar-refractivity contribution in [2.45, 2.75) is 31.4 Å². The van der Waals surface area contributed by atoms with E-state index in [9.17, 15) is 4.79 Å². The summed E-state index contributed by atoms with van der Waals surface area (Å²) in [4.78, 5) is 13.6. The molecule has 5 heteroatoms. The Kier molecular flexibility index (Phi) is 5.13. The zero-order valence-electron chi connectivity index (χ0n) is 10.7. The van der Waals surface area contributed by atoms with E-state index in [1.54, 1.807) is 0 Å². The highest BCUT2D eigenvalue weighted by Crippen LogP contribution is 2.26. The summed E-state index contributed by atoms with van der Waals surface area (Å²) >= 11 is 2.02. The first-order chi connectivity index (χ1) is 8.29. The van der Waals surface area contributed by atoms with Gasteiger partial charge in [0.25, 0.3) is 0 Å². The highest BCUT2D eigenvalue weighted by molar-refractivity contribution is 7.97. The lowest BCUT2D eigenvalue weighted by Crippen LogP contribution is -2.43. The van der Waals surface area contributed by atoms with Crippen molar-refractivity contribution in [3.05, 3.63) is 0 Å². The normalized spacial score (nSPS) is 23.9. The molecule has 0 radical (unpaired) electrons. The second-order valence-electron chi connectivity index (χ2n) is 4.72. The van der Waals surface area contributed by atoms with Crippen LogP contribution in [0.2, 0.25) is 0 Å². The molecule has 1 N–H and O–H groups in total. The molecule has 0 atom stereocenters. The number of nitrogens with zero attached hydrogens (tertiary/aromatic N) is 2. The lowest BCUT2D eigenvalue weighted by molar-refractivity contribution is -0.131. The first-order valence-electron chi connectivity index (χ1n) is 6.70. The first kappa shape index (κ1) is 13.2. The van der Waals surface area contributed by atoms with Gasteiger partial charge in [-0.3, -0.25) is 4.79 Å². The van der Waals surface area contributed by atoms with Crippen molar-refractivity contribution in [3.63, 3.8) is 0 Å². The third-order valence-corrected chi connectivity index (χ3v) is 4.90. The predicted octanol–water partition coefficient (Wildman–Crippen LogP) is 0.941. The fraction of sp³-hybridized carbons (Fsp3) is 0.917. The maximum absolute atomic E-state index is 11.6. The van der Waals surface area contributed by atoms with E-state index in [1.165, 1.54) is 0 Å². The average molecular weight is 257 g/mol. The van der Waals surface area contributed by atoms with Gasteiger partial charge >= 0.3 is 0 Å². The molecule has 0 spiro atoms. The standard InChI is InChI=1S/C12H23N3OS/c1-2-12(16)14-7-3-11(4-8-14)17-15-9-5-13-6-10-15/h11,13H,2-10H2,1H3. The molecule has 0 aromatic heterocycles. The summed E-state index contributed by atoms with van der Waals surface area (Å²) in [5.41, 5.74) is 0. The minimum atomic E-state index is 0.315. The van der Waals surface area contributed by atoms with Crippen molar-refractivity contribution in [1.82, 2.24) is 14.5 Å². The number of hydrogen-bond donors (Lipinski definition) is 1. The molecule has 17 heavy (non-hydrogen) atoms. The van der Waals surface area contributed by atoms with E-state index in [4.69, 9.17) is 0 Å². The van der Waals surface area contributed by atoms with Crippen LogP contribution in [0.3, 0.4) is 0 Å². The van der Waals surface area contributed by atoms with E-state index in [0.29, 0.717) is 17.6 Å². The van der Waals surface area contributed by atoms with Gasteiger partial charge in [-0.15, -0.1) is 0 Å². The van der Waals surface area contributed by atoms with Crippen LogP contribution in [0, 0.1) is 0 Å². The molecule has 0 saturated carbocycles. The molecule has 0 aliphatic carbocycles. The first-order valence-corrected chi connectivity index (χ1v) is 7.53. The molecule has 0 aromatic rings. The van der Waals surface area contributed by atoms with Crippen LogP contribution in [0.15, 0.2) is 0 Å². The second kappa shape index (κ2) is 6.61. The van der Waals surface area contributed by atoms with Gasteiger partial charge in [0.2, 0.25) is 5.91 Å². The van der Waals surface area contributed by atoms with Crippen molar-refractivity contribution in [3.8, 4) is 0 Å². The highest BCUT2D eigenvalue weighted by Gasteiger charge is 2.24. The van der Waals surface area contributed by atoms with Crippen LogP contribution in [0.25, 0.3) is 0 Å². The van der Waals surface area contributed by atoms with Gasteiger partial charge in [-0.05, 0) is 12.8 Å². The summed E-state index contributed by atoms with van der Waals surface area (Å²) in [5.74, 6) is 0.315. The van der Waals surface area contributed by atoms with Gasteiger partial charge in [0.1, 0.15) is 0 Å². The van der Waals surface area contributed by atoms with Crippen molar-refractivity contribution < 1.29 is 4.79 Å². The van der Waals surface area contributed by atoms with Gasteiger partial charge < -0.3 is 10.2 Å². The van der Waals surface area contributed by atoms with E-state index in [2.05, 4.69) is 9.62 Å². The van der Waals surface area contributed by atoms with Crippen molar-refractivity contribution in [2.24, 2.45) is 0 Å². The van der Waals surface area contributed by atoms with Gasteiger partial charge in [-0.2, -0.15) is 0 Å². The largest absolute Gasteiger partial charge is 0.343 e. The monoisotopic (exact) mass is 257 g/mol. The molecule has 2 aliphatic heterocycles. The topological polar surface area (TPSA) is 35.6 Å². The van der Waals surface area contributed by atoms with E-state index in [1.807, 2.05) is 23.8 Å². The van der Waals surface area contributed by atoms with Crippen LogP contribution in [0.5, 0.6) is 0 Å². The number of nitrogens with one attached hydrogen (secondary N) is 1. The van der Waals surface area contributed by atoms with Gasteiger partial charge in [0.15, 0.2) is 0 Å². The minimum Gasteiger partial charge on any atom is -0.343 e. The molecule has 0 bridgehead atoms. The summed E-state index contributed by atoms with van der Waals surface area (Å²) in [5, 5.41) is 4.09. The fourth-order valence-electron chi connectivity index (χ4n) is 2.39. The average Bonchev–Trinajstić information content (AvgIpc) is 2.40. The smallest absolute Gasteiger partial charge is 0.222 e. The predicted molar refractivity (Wildman–Crippen MR) is 71.9 cm³/mol. The lowest BCUT2D eigenvalue weighted by Gasteiger charge is -2.35. The Labute approximate surface area is 108 Å². The molecule has 2 aliphatic rings. The van der Waals surface area contributed by atoms with E-state index in [0.717, 1.165) is 52.1 Å². The van der Waals surface area contributed by atoms with Crippen LogP contribution >= 0.6 is 11.9 Å². The molecule has 0 unspecified atom stereocenters. The van der Waals surface area contributed by atoms with E-state index < -0.39 is 0 Å². The second-order valence-corrected chi connectivity index (χ2v) is 6.11. The van der Waals surface area contributed by atoms with Crippen molar-refractivity contribution in [1.29, 1.82) is 0 Å². The number of rotatable bonds is 3. The van der Waals surface area contributed by atoms with Crippen LogP contribution in [0.4, 0.5) is 0 Å². The Hall–Kier alpha value is -0.260. The molecular weight excluding hydrogens is 234 g/mol. The molecule has 98 valence electrons. The number of likely N-dealkylation sites (tertiary alicyclic amines) is 1. The maximum atomic E-state index is 11.6. The summed E-state index contributed by atoms with van der Waals surface area (Å²) < 4.78 is 2.48. The van der Waals surface area contributed by atoms with Crippen LogP contribution in [0.1, 0.15) is 26.2 Å². The SMILES string of the molecule is CCC(=O)N1CCC(SN2CCNCC2)CC1. The Morgan fingerprint density at radius 3 is 2.47 bits per heavy atom. The zero-order chi connectivity index (χ0) is 12.1. The number of carbonyl (C=O) groups is 1.